The second-order valence-electron chi connectivity index (χ2n) is 5.35. The molecule has 1 N–H and O–H groups in total. The van der Waals surface area contributed by atoms with Gasteiger partial charge in [0.1, 0.15) is 0 Å². The average molecular weight is 196 g/mol. The van der Waals surface area contributed by atoms with E-state index >= 15 is 0 Å². The number of rotatable bonds is 4. The van der Waals surface area contributed by atoms with Crippen molar-refractivity contribution in [3.63, 3.8) is 0 Å². The molecule has 1 heterocycles. The highest BCUT2D eigenvalue weighted by Crippen LogP contribution is 2.39. The van der Waals surface area contributed by atoms with E-state index in [-0.39, 0.29) is 0 Å². The monoisotopic (exact) mass is 196 g/mol. The van der Waals surface area contributed by atoms with Gasteiger partial charge in [-0.1, -0.05) is 6.92 Å². The van der Waals surface area contributed by atoms with E-state index in [1.807, 2.05) is 0 Å². The summed E-state index contributed by atoms with van der Waals surface area (Å²) in [6, 6.07) is 1.48. The fourth-order valence-electron chi connectivity index (χ4n) is 2.56. The van der Waals surface area contributed by atoms with Crippen LogP contribution < -0.4 is 5.32 Å². The first-order chi connectivity index (χ1) is 6.65. The van der Waals surface area contributed by atoms with E-state index in [2.05, 4.69) is 31.0 Å². The summed E-state index contributed by atoms with van der Waals surface area (Å²) >= 11 is 0. The van der Waals surface area contributed by atoms with Crippen LogP contribution in [0.4, 0.5) is 0 Å². The highest BCUT2D eigenvalue weighted by Gasteiger charge is 2.42. The van der Waals surface area contributed by atoms with Crippen LogP contribution in [0.2, 0.25) is 0 Å². The Morgan fingerprint density at radius 3 is 2.57 bits per heavy atom. The van der Waals surface area contributed by atoms with Crippen LogP contribution in [-0.4, -0.2) is 35.6 Å². The lowest BCUT2D eigenvalue weighted by Gasteiger charge is -2.23. The first-order valence-corrected chi connectivity index (χ1v) is 6.17. The van der Waals surface area contributed by atoms with Crippen molar-refractivity contribution < 1.29 is 0 Å². The zero-order valence-corrected chi connectivity index (χ0v) is 9.84. The van der Waals surface area contributed by atoms with Gasteiger partial charge in [0.05, 0.1) is 0 Å². The topological polar surface area (TPSA) is 15.3 Å². The molecule has 2 rings (SSSR count). The van der Waals surface area contributed by atoms with Crippen LogP contribution in [0.5, 0.6) is 0 Å². The first-order valence-electron chi connectivity index (χ1n) is 6.17. The predicted octanol–water partition coefficient (Wildman–Crippen LogP) is 2.00. The van der Waals surface area contributed by atoms with Crippen molar-refractivity contribution in [2.75, 3.05) is 13.1 Å². The van der Waals surface area contributed by atoms with Crippen LogP contribution in [0.25, 0.3) is 0 Å². The molecule has 0 radical (unpaired) electrons. The number of likely N-dealkylation sites (tertiary alicyclic amines) is 1. The van der Waals surface area contributed by atoms with Gasteiger partial charge in [-0.3, -0.25) is 4.90 Å². The SMILES string of the molecule is CCC1(NC2CCN(C(C)C)C2)CC1. The van der Waals surface area contributed by atoms with E-state index in [4.69, 9.17) is 0 Å². The molecule has 2 nitrogen and oxygen atoms in total. The summed E-state index contributed by atoms with van der Waals surface area (Å²) in [5.74, 6) is 0. The molecule has 1 aliphatic heterocycles. The highest BCUT2D eigenvalue weighted by molar-refractivity contribution is 5.03. The Hall–Kier alpha value is -0.0800. The van der Waals surface area contributed by atoms with Gasteiger partial charge in [0.2, 0.25) is 0 Å². The maximum atomic E-state index is 3.86. The molecule has 2 fully saturated rings. The van der Waals surface area contributed by atoms with Crippen molar-refractivity contribution in [1.82, 2.24) is 10.2 Å². The molecular formula is C12H24N2. The molecule has 1 aliphatic carbocycles. The molecule has 2 heteroatoms. The highest BCUT2D eigenvalue weighted by atomic mass is 15.2. The molecule has 14 heavy (non-hydrogen) atoms. The van der Waals surface area contributed by atoms with Crippen molar-refractivity contribution in [3.8, 4) is 0 Å². The lowest BCUT2D eigenvalue weighted by molar-refractivity contribution is 0.263. The molecular weight excluding hydrogens is 172 g/mol. The van der Waals surface area contributed by atoms with Crippen molar-refractivity contribution in [2.24, 2.45) is 0 Å². The van der Waals surface area contributed by atoms with E-state index < -0.39 is 0 Å². The fourth-order valence-corrected chi connectivity index (χ4v) is 2.56. The van der Waals surface area contributed by atoms with Gasteiger partial charge in [-0.2, -0.15) is 0 Å². The Morgan fingerprint density at radius 2 is 2.14 bits per heavy atom. The summed E-state index contributed by atoms with van der Waals surface area (Å²) in [6.45, 7) is 9.47. The van der Waals surface area contributed by atoms with Gasteiger partial charge in [-0.25, -0.2) is 0 Å². The lowest BCUT2D eigenvalue weighted by atomic mass is 10.1. The molecule has 0 aromatic heterocycles. The van der Waals surface area contributed by atoms with Crippen LogP contribution in [0.3, 0.4) is 0 Å². The lowest BCUT2D eigenvalue weighted by Crippen LogP contribution is -2.42. The quantitative estimate of drug-likeness (QED) is 0.740. The molecule has 0 aromatic carbocycles. The maximum Gasteiger partial charge on any atom is 0.0212 e. The minimum atomic E-state index is 0.553. The van der Waals surface area contributed by atoms with Crippen molar-refractivity contribution in [2.45, 2.75) is 64.1 Å². The van der Waals surface area contributed by atoms with Gasteiger partial charge in [-0.15, -0.1) is 0 Å². The van der Waals surface area contributed by atoms with Crippen LogP contribution >= 0.6 is 0 Å². The Morgan fingerprint density at radius 1 is 1.43 bits per heavy atom. The second-order valence-corrected chi connectivity index (χ2v) is 5.35. The Kier molecular flexibility index (Phi) is 2.85. The van der Waals surface area contributed by atoms with Crippen molar-refractivity contribution in [3.05, 3.63) is 0 Å². The van der Waals surface area contributed by atoms with E-state index in [9.17, 15) is 0 Å². The summed E-state index contributed by atoms with van der Waals surface area (Å²) in [4.78, 5) is 2.59. The second kappa shape index (κ2) is 3.82. The third kappa shape index (κ3) is 2.12. The number of hydrogen-bond acceptors (Lipinski definition) is 2. The molecule has 2 aliphatic rings. The van der Waals surface area contributed by atoms with Crippen LogP contribution in [0.1, 0.15) is 46.5 Å². The fraction of sp³-hybridized carbons (Fsp3) is 1.00. The molecule has 0 aromatic rings. The van der Waals surface area contributed by atoms with Gasteiger partial charge in [0.25, 0.3) is 0 Å². The number of nitrogens with one attached hydrogen (secondary N) is 1. The van der Waals surface area contributed by atoms with E-state index in [0.717, 1.165) is 12.1 Å². The first kappa shape index (κ1) is 10.4. The minimum Gasteiger partial charge on any atom is -0.307 e. The molecule has 1 saturated heterocycles. The number of hydrogen-bond donors (Lipinski definition) is 1. The Balaban J connectivity index is 1.79. The summed E-state index contributed by atoms with van der Waals surface area (Å²) in [6.07, 6.45) is 5.47. The molecule has 0 spiro atoms. The largest absolute Gasteiger partial charge is 0.307 e. The molecule has 1 atom stereocenters. The average Bonchev–Trinajstić information content (AvgIpc) is 2.75. The van der Waals surface area contributed by atoms with E-state index in [1.54, 1.807) is 0 Å². The van der Waals surface area contributed by atoms with Crippen molar-refractivity contribution in [1.29, 1.82) is 0 Å². The normalized spacial score (nSPS) is 31.3. The van der Waals surface area contributed by atoms with Crippen LogP contribution in [0, 0.1) is 0 Å². The molecule has 82 valence electrons. The third-order valence-corrected chi connectivity index (χ3v) is 3.99. The Bertz CT molecular complexity index is 196. The Labute approximate surface area is 88.1 Å². The zero-order chi connectivity index (χ0) is 10.2. The van der Waals surface area contributed by atoms with Gasteiger partial charge in [0, 0.05) is 24.2 Å². The summed E-state index contributed by atoms with van der Waals surface area (Å²) in [7, 11) is 0. The number of nitrogens with zero attached hydrogens (tertiary/aromatic N) is 1. The smallest absolute Gasteiger partial charge is 0.0212 e. The molecule has 0 bridgehead atoms. The molecule has 1 unspecified atom stereocenters. The standard InChI is InChI=1S/C12H24N2/c1-4-12(6-7-12)13-11-5-8-14(9-11)10(2)3/h10-11,13H,4-9H2,1-3H3. The van der Waals surface area contributed by atoms with Crippen LogP contribution in [0.15, 0.2) is 0 Å². The molecule has 1 saturated carbocycles. The maximum absolute atomic E-state index is 3.86. The van der Waals surface area contributed by atoms with Gasteiger partial charge in [0.15, 0.2) is 0 Å². The summed E-state index contributed by atoms with van der Waals surface area (Å²) < 4.78 is 0. The predicted molar refractivity (Wildman–Crippen MR) is 60.5 cm³/mol. The van der Waals surface area contributed by atoms with Gasteiger partial charge < -0.3 is 5.32 Å². The van der Waals surface area contributed by atoms with E-state index in [0.29, 0.717) is 5.54 Å². The minimum absolute atomic E-state index is 0.553. The molecule has 0 amide bonds. The van der Waals surface area contributed by atoms with Gasteiger partial charge in [-0.05, 0) is 46.1 Å². The van der Waals surface area contributed by atoms with Gasteiger partial charge >= 0.3 is 0 Å². The summed E-state index contributed by atoms with van der Waals surface area (Å²) in [5.41, 5.74) is 0.553. The van der Waals surface area contributed by atoms with Crippen LogP contribution in [-0.2, 0) is 0 Å². The summed E-state index contributed by atoms with van der Waals surface area (Å²) in [5, 5.41) is 3.86. The third-order valence-electron chi connectivity index (χ3n) is 3.99. The van der Waals surface area contributed by atoms with Crippen molar-refractivity contribution >= 4 is 0 Å². The van der Waals surface area contributed by atoms with E-state index in [1.165, 1.54) is 38.8 Å². The zero-order valence-electron chi connectivity index (χ0n) is 9.84.